The first-order valence-corrected chi connectivity index (χ1v) is 8.38. The molecule has 2 aromatic rings. The number of nitrogens with zero attached hydrogens (tertiary/aromatic N) is 1. The van der Waals surface area contributed by atoms with Gasteiger partial charge in [-0.25, -0.2) is 13.1 Å². The van der Waals surface area contributed by atoms with Gasteiger partial charge in [-0.3, -0.25) is 9.89 Å². The van der Waals surface area contributed by atoms with Gasteiger partial charge in [0.05, 0.1) is 11.1 Å². The summed E-state index contributed by atoms with van der Waals surface area (Å²) in [5.74, 6) is 0.102. The highest BCUT2D eigenvalue weighted by Gasteiger charge is 2.28. The zero-order valence-corrected chi connectivity index (χ0v) is 12.8. The van der Waals surface area contributed by atoms with Crippen molar-refractivity contribution < 1.29 is 13.2 Å². The fraction of sp³-hybridized carbons (Fsp3) is 0.286. The van der Waals surface area contributed by atoms with Crippen molar-refractivity contribution in [2.45, 2.75) is 30.7 Å². The summed E-state index contributed by atoms with van der Waals surface area (Å²) in [5, 5.41) is 9.16. The summed E-state index contributed by atoms with van der Waals surface area (Å²) in [6.07, 6.45) is 3.31. The zero-order valence-electron chi connectivity index (χ0n) is 12.0. The summed E-state index contributed by atoms with van der Waals surface area (Å²) in [6.45, 7) is 1.81. The summed E-state index contributed by atoms with van der Waals surface area (Å²) < 4.78 is 26.9. The lowest BCUT2D eigenvalue weighted by molar-refractivity contribution is 0.102. The highest BCUT2D eigenvalue weighted by Crippen LogP contribution is 2.22. The van der Waals surface area contributed by atoms with E-state index in [1.54, 1.807) is 25.3 Å². The number of aromatic nitrogens is 2. The first-order chi connectivity index (χ1) is 10.5. The van der Waals surface area contributed by atoms with Gasteiger partial charge in [0.15, 0.2) is 0 Å². The van der Waals surface area contributed by atoms with Crippen LogP contribution in [0.1, 0.15) is 28.8 Å². The van der Waals surface area contributed by atoms with Gasteiger partial charge in [-0.15, -0.1) is 0 Å². The highest BCUT2D eigenvalue weighted by molar-refractivity contribution is 7.89. The van der Waals surface area contributed by atoms with Gasteiger partial charge in [-0.2, -0.15) is 5.10 Å². The number of hydrogen-bond acceptors (Lipinski definition) is 4. The molecule has 0 saturated heterocycles. The summed E-state index contributed by atoms with van der Waals surface area (Å²) in [6, 6.07) is 5.98. The van der Waals surface area contributed by atoms with Gasteiger partial charge in [-0.05, 0) is 38.0 Å². The quantitative estimate of drug-likeness (QED) is 0.775. The lowest BCUT2D eigenvalue weighted by Gasteiger charge is -2.08. The Kier molecular flexibility index (Phi) is 3.71. The predicted octanol–water partition coefficient (Wildman–Crippen LogP) is 1.41. The standard InChI is InChI=1S/C14H16N4O3S/c1-9-8-15-17-13(9)16-14(19)10-3-2-4-12(7-10)22(20,21)18-11-5-6-11/h2-4,7-8,11,18H,5-6H2,1H3,(H2,15,16,17,19). The van der Waals surface area contributed by atoms with Crippen LogP contribution in [0, 0.1) is 6.92 Å². The number of sulfonamides is 1. The van der Waals surface area contributed by atoms with E-state index in [-0.39, 0.29) is 16.5 Å². The van der Waals surface area contributed by atoms with Crippen LogP contribution < -0.4 is 10.0 Å². The van der Waals surface area contributed by atoms with Crippen molar-refractivity contribution in [3.05, 3.63) is 41.6 Å². The molecule has 1 aliphatic carbocycles. The van der Waals surface area contributed by atoms with E-state index in [0.717, 1.165) is 18.4 Å². The second kappa shape index (κ2) is 5.54. The second-order valence-electron chi connectivity index (χ2n) is 5.31. The molecule has 1 heterocycles. The molecule has 1 amide bonds. The summed E-state index contributed by atoms with van der Waals surface area (Å²) in [7, 11) is -3.57. The predicted molar refractivity (Wildman–Crippen MR) is 81.1 cm³/mol. The number of rotatable bonds is 5. The molecule has 1 saturated carbocycles. The summed E-state index contributed by atoms with van der Waals surface area (Å²) >= 11 is 0. The van der Waals surface area contributed by atoms with Crippen LogP contribution in [0.5, 0.6) is 0 Å². The number of benzene rings is 1. The largest absolute Gasteiger partial charge is 0.307 e. The van der Waals surface area contributed by atoms with Crippen molar-refractivity contribution in [2.75, 3.05) is 5.32 Å². The molecule has 116 valence electrons. The Labute approximate surface area is 128 Å². The minimum Gasteiger partial charge on any atom is -0.307 e. The van der Waals surface area contributed by atoms with Crippen molar-refractivity contribution in [1.29, 1.82) is 0 Å². The van der Waals surface area contributed by atoms with E-state index in [2.05, 4.69) is 20.2 Å². The van der Waals surface area contributed by atoms with E-state index in [0.29, 0.717) is 5.82 Å². The normalized spacial score (nSPS) is 14.8. The van der Waals surface area contributed by atoms with Crippen LogP contribution in [0.2, 0.25) is 0 Å². The molecule has 0 spiro atoms. The van der Waals surface area contributed by atoms with Gasteiger partial charge < -0.3 is 5.32 Å². The van der Waals surface area contributed by atoms with Crippen molar-refractivity contribution in [1.82, 2.24) is 14.9 Å². The molecule has 1 aromatic heterocycles. The van der Waals surface area contributed by atoms with Gasteiger partial charge in [0.1, 0.15) is 5.82 Å². The number of carbonyl (C=O) groups excluding carboxylic acids is 1. The first-order valence-electron chi connectivity index (χ1n) is 6.89. The molecule has 0 bridgehead atoms. The Hall–Kier alpha value is -2.19. The molecule has 3 N–H and O–H groups in total. The lowest BCUT2D eigenvalue weighted by atomic mass is 10.2. The molecular weight excluding hydrogens is 304 g/mol. The van der Waals surface area contributed by atoms with Crippen LogP contribution in [0.25, 0.3) is 0 Å². The minimum atomic E-state index is -3.57. The van der Waals surface area contributed by atoms with Crippen LogP contribution in [-0.4, -0.2) is 30.6 Å². The Bertz CT molecular complexity index is 809. The molecule has 0 unspecified atom stereocenters. The summed E-state index contributed by atoms with van der Waals surface area (Å²) in [4.78, 5) is 12.3. The van der Waals surface area contributed by atoms with Crippen LogP contribution in [-0.2, 0) is 10.0 Å². The fourth-order valence-corrected chi connectivity index (χ4v) is 3.30. The number of anilines is 1. The van der Waals surface area contributed by atoms with E-state index < -0.39 is 15.9 Å². The maximum Gasteiger partial charge on any atom is 0.256 e. The number of hydrogen-bond donors (Lipinski definition) is 3. The third-order valence-corrected chi connectivity index (χ3v) is 4.89. The van der Waals surface area contributed by atoms with Crippen LogP contribution in [0.15, 0.2) is 35.4 Å². The Morgan fingerprint density at radius 1 is 1.36 bits per heavy atom. The van der Waals surface area contributed by atoms with E-state index in [9.17, 15) is 13.2 Å². The van der Waals surface area contributed by atoms with E-state index in [1.807, 2.05) is 0 Å². The molecule has 3 rings (SSSR count). The number of amides is 1. The van der Waals surface area contributed by atoms with Crippen LogP contribution >= 0.6 is 0 Å². The maximum atomic E-state index is 12.2. The highest BCUT2D eigenvalue weighted by atomic mass is 32.2. The molecule has 0 radical (unpaired) electrons. The van der Waals surface area contributed by atoms with Crippen LogP contribution in [0.4, 0.5) is 5.82 Å². The lowest BCUT2D eigenvalue weighted by Crippen LogP contribution is -2.26. The average molecular weight is 320 g/mol. The van der Waals surface area contributed by atoms with Crippen LogP contribution in [0.3, 0.4) is 0 Å². The van der Waals surface area contributed by atoms with Crippen molar-refractivity contribution in [3.63, 3.8) is 0 Å². The number of aromatic amines is 1. The molecule has 0 aliphatic heterocycles. The first kappa shape index (κ1) is 14.7. The molecule has 22 heavy (non-hydrogen) atoms. The molecule has 1 fully saturated rings. The topological polar surface area (TPSA) is 104 Å². The number of nitrogens with one attached hydrogen (secondary N) is 3. The monoisotopic (exact) mass is 320 g/mol. The zero-order chi connectivity index (χ0) is 15.7. The van der Waals surface area contributed by atoms with Crippen molar-refractivity contribution in [3.8, 4) is 0 Å². The van der Waals surface area contributed by atoms with Gasteiger partial charge in [0, 0.05) is 17.2 Å². The molecule has 7 nitrogen and oxygen atoms in total. The smallest absolute Gasteiger partial charge is 0.256 e. The van der Waals surface area contributed by atoms with Gasteiger partial charge >= 0.3 is 0 Å². The Balaban J connectivity index is 1.81. The van der Waals surface area contributed by atoms with E-state index >= 15 is 0 Å². The molecule has 8 heteroatoms. The van der Waals surface area contributed by atoms with Gasteiger partial charge in [0.25, 0.3) is 5.91 Å². The molecule has 0 atom stereocenters. The minimum absolute atomic E-state index is 0.0233. The second-order valence-corrected chi connectivity index (χ2v) is 7.02. The van der Waals surface area contributed by atoms with Gasteiger partial charge in [-0.1, -0.05) is 6.07 Å². The number of aryl methyl sites for hydroxylation is 1. The molecular formula is C14H16N4O3S. The van der Waals surface area contributed by atoms with Crippen molar-refractivity contribution in [2.24, 2.45) is 0 Å². The van der Waals surface area contributed by atoms with E-state index in [1.165, 1.54) is 12.1 Å². The summed E-state index contributed by atoms with van der Waals surface area (Å²) in [5.41, 5.74) is 1.07. The molecule has 1 aromatic carbocycles. The maximum absolute atomic E-state index is 12.2. The van der Waals surface area contributed by atoms with Crippen molar-refractivity contribution >= 4 is 21.7 Å². The number of carbonyl (C=O) groups is 1. The number of H-pyrrole nitrogens is 1. The van der Waals surface area contributed by atoms with Gasteiger partial charge in [0.2, 0.25) is 10.0 Å². The Morgan fingerprint density at radius 3 is 2.77 bits per heavy atom. The fourth-order valence-electron chi connectivity index (χ4n) is 1.95. The third kappa shape index (κ3) is 3.18. The SMILES string of the molecule is Cc1cn[nH]c1NC(=O)c1cccc(S(=O)(=O)NC2CC2)c1. The van der Waals surface area contributed by atoms with E-state index in [4.69, 9.17) is 0 Å². The molecule has 1 aliphatic rings. The Morgan fingerprint density at radius 2 is 2.14 bits per heavy atom. The average Bonchev–Trinajstić information content (AvgIpc) is 3.20. The third-order valence-electron chi connectivity index (χ3n) is 3.37.